The minimum absolute atomic E-state index is 0.833. The van der Waals surface area contributed by atoms with Crippen molar-refractivity contribution in [3.63, 3.8) is 0 Å². The van der Waals surface area contributed by atoms with Crippen molar-refractivity contribution in [1.82, 2.24) is 28.7 Å². The quantitative estimate of drug-likeness (QED) is 0.272. The van der Waals surface area contributed by atoms with E-state index in [1.54, 1.807) is 0 Å². The van der Waals surface area contributed by atoms with Crippen LogP contribution < -0.4 is 0 Å². The molecule has 0 bridgehead atoms. The number of imidazole rings is 2. The molecule has 0 atom stereocenters. The zero-order chi connectivity index (χ0) is 25.3. The third-order valence-corrected chi connectivity index (χ3v) is 5.21. The Bertz CT molecular complexity index is 1220. The first-order valence-electron chi connectivity index (χ1n) is 10.2. The van der Waals surface area contributed by atoms with Gasteiger partial charge in [-0.3, -0.25) is 19.2 Å². The highest BCUT2D eigenvalue weighted by molar-refractivity contribution is 9.93. The van der Waals surface area contributed by atoms with Crippen LogP contribution in [-0.4, -0.2) is 39.8 Å². The van der Waals surface area contributed by atoms with E-state index in [4.69, 9.17) is 9.90 Å². The number of fused-ring (bicyclic) bond motifs is 2. The Labute approximate surface area is 217 Å². The number of aryl methyl sites for hydroxylation is 6. The van der Waals surface area contributed by atoms with E-state index < -0.39 is 5.97 Å². The van der Waals surface area contributed by atoms with Crippen LogP contribution in [-0.2, 0) is 17.6 Å². The molecule has 0 fully saturated rings. The molecular formula is C22H29Br3N6O2. The standard InChI is InChI=1S/C10H12BrN3.C10H13N3.C2H4O2.Br2/c1-4-8-9(11)14-5-6(2)12-7(3)10(14)13-8;1-4-9-6-13-5-7(2)11-8(3)10(13)12-9;1-2(3)4;1-2/h5H,4H2,1-3H3;5-6H,4H2,1-3H3;1H3,(H,3,4);. The molecule has 0 aliphatic rings. The third kappa shape index (κ3) is 8.15. The van der Waals surface area contributed by atoms with Crippen LogP contribution >= 0.6 is 44.2 Å². The van der Waals surface area contributed by atoms with E-state index in [0.29, 0.717) is 0 Å². The Morgan fingerprint density at radius 1 is 0.879 bits per heavy atom. The molecule has 0 spiro atoms. The first kappa shape index (κ1) is 29.2. The molecule has 0 saturated heterocycles. The van der Waals surface area contributed by atoms with E-state index in [0.717, 1.165) is 69.8 Å². The number of carboxylic acids is 1. The predicted octanol–water partition coefficient (Wildman–Crippen LogP) is 6.36. The van der Waals surface area contributed by atoms with Crippen LogP contribution in [0.4, 0.5) is 0 Å². The molecule has 0 saturated carbocycles. The van der Waals surface area contributed by atoms with Crippen LogP contribution in [0, 0.1) is 27.7 Å². The normalized spacial score (nSPS) is 10.0. The molecule has 1 N–H and O–H groups in total. The summed E-state index contributed by atoms with van der Waals surface area (Å²) in [5, 5.41) is 7.42. The van der Waals surface area contributed by atoms with Crippen LogP contribution in [0.3, 0.4) is 0 Å². The zero-order valence-corrected chi connectivity index (χ0v) is 24.6. The molecule has 0 radical (unpaired) electrons. The van der Waals surface area contributed by atoms with Crippen LogP contribution in [0.15, 0.2) is 23.2 Å². The molecule has 33 heavy (non-hydrogen) atoms. The maximum Gasteiger partial charge on any atom is 0.300 e. The molecule has 4 rings (SSSR count). The fourth-order valence-electron chi connectivity index (χ4n) is 3.11. The number of hydrogen-bond acceptors (Lipinski definition) is 5. The number of hydrogen-bond donors (Lipinski definition) is 1. The fraction of sp³-hybridized carbons (Fsp3) is 0.409. The van der Waals surface area contributed by atoms with Crippen LogP contribution in [0.1, 0.15) is 54.9 Å². The molecule has 4 heterocycles. The number of carbonyl (C=O) groups is 1. The van der Waals surface area contributed by atoms with Gasteiger partial charge in [0, 0.05) is 53.8 Å². The van der Waals surface area contributed by atoms with Gasteiger partial charge in [-0.15, -0.1) is 0 Å². The largest absolute Gasteiger partial charge is 0.481 e. The molecule has 180 valence electrons. The lowest BCUT2D eigenvalue weighted by Gasteiger charge is -1.99. The lowest BCUT2D eigenvalue weighted by Crippen LogP contribution is -1.94. The molecule has 0 aliphatic carbocycles. The van der Waals surface area contributed by atoms with Crippen molar-refractivity contribution in [3.8, 4) is 0 Å². The van der Waals surface area contributed by atoms with Gasteiger partial charge >= 0.3 is 0 Å². The summed E-state index contributed by atoms with van der Waals surface area (Å²) in [6.07, 6.45) is 7.98. The van der Waals surface area contributed by atoms with Gasteiger partial charge in [0.15, 0.2) is 11.3 Å². The van der Waals surface area contributed by atoms with Crippen molar-refractivity contribution in [2.75, 3.05) is 0 Å². The Hall–Kier alpha value is -1.85. The number of aromatic nitrogens is 6. The Balaban J connectivity index is 0.000000268. The number of rotatable bonds is 2. The average Bonchev–Trinajstić information content (AvgIpc) is 3.31. The summed E-state index contributed by atoms with van der Waals surface area (Å²) in [6, 6.07) is 0. The van der Waals surface area contributed by atoms with Gasteiger partial charge in [0.1, 0.15) is 4.60 Å². The summed E-state index contributed by atoms with van der Waals surface area (Å²) in [7, 11) is 0. The highest BCUT2D eigenvalue weighted by Gasteiger charge is 2.10. The van der Waals surface area contributed by atoms with Crippen molar-refractivity contribution in [1.29, 1.82) is 0 Å². The summed E-state index contributed by atoms with van der Waals surface area (Å²) < 4.78 is 5.15. The van der Waals surface area contributed by atoms with Crippen molar-refractivity contribution < 1.29 is 9.90 Å². The topological polar surface area (TPSA) is 97.7 Å². The minimum Gasteiger partial charge on any atom is -0.481 e. The maximum atomic E-state index is 9.00. The number of halogens is 3. The second-order valence-corrected chi connectivity index (χ2v) is 7.92. The number of nitrogens with zero attached hydrogens (tertiary/aromatic N) is 6. The van der Waals surface area contributed by atoms with E-state index in [1.165, 1.54) is 0 Å². The Kier molecular flexibility index (Phi) is 12.2. The highest BCUT2D eigenvalue weighted by Crippen LogP contribution is 2.21. The van der Waals surface area contributed by atoms with Gasteiger partial charge < -0.3 is 9.51 Å². The minimum atomic E-state index is -0.833. The van der Waals surface area contributed by atoms with Gasteiger partial charge in [-0.05, 0) is 56.5 Å². The van der Waals surface area contributed by atoms with Gasteiger partial charge in [-0.2, -0.15) is 0 Å². The summed E-state index contributed by atoms with van der Waals surface area (Å²) in [5.74, 6) is -0.833. The first-order chi connectivity index (χ1) is 15.6. The summed E-state index contributed by atoms with van der Waals surface area (Å²) in [4.78, 5) is 26.7. The van der Waals surface area contributed by atoms with Crippen LogP contribution in [0.25, 0.3) is 11.3 Å². The summed E-state index contributed by atoms with van der Waals surface area (Å²) in [5.41, 5.74) is 8.14. The molecule has 0 aromatic carbocycles. The second kappa shape index (κ2) is 13.8. The zero-order valence-electron chi connectivity index (χ0n) is 19.8. The SMILES string of the molecule is BrBr.CC(=O)O.CCc1cn2cc(C)nc(C)c2n1.CCc1nc2c(C)nc(C)cn2c1Br. The molecular weight excluding hydrogens is 620 g/mol. The van der Waals surface area contributed by atoms with Gasteiger partial charge in [0.2, 0.25) is 0 Å². The van der Waals surface area contributed by atoms with Crippen molar-refractivity contribution in [2.24, 2.45) is 0 Å². The molecule has 0 aliphatic heterocycles. The monoisotopic (exact) mass is 646 g/mol. The van der Waals surface area contributed by atoms with Crippen LogP contribution in [0.5, 0.6) is 0 Å². The highest BCUT2D eigenvalue weighted by atomic mass is 80.9. The number of aliphatic carboxylic acids is 1. The fourth-order valence-corrected chi connectivity index (χ4v) is 3.75. The van der Waals surface area contributed by atoms with Gasteiger partial charge in [0.25, 0.3) is 5.97 Å². The Morgan fingerprint density at radius 2 is 1.39 bits per heavy atom. The van der Waals surface area contributed by atoms with Crippen LogP contribution in [0.2, 0.25) is 0 Å². The van der Waals surface area contributed by atoms with Gasteiger partial charge in [-0.25, -0.2) is 9.97 Å². The molecule has 0 amide bonds. The summed E-state index contributed by atoms with van der Waals surface area (Å²) in [6.45, 7) is 13.3. The first-order valence-corrected chi connectivity index (χ1v) is 14.7. The molecule has 8 nitrogen and oxygen atoms in total. The van der Waals surface area contributed by atoms with E-state index in [2.05, 4.69) is 93.0 Å². The van der Waals surface area contributed by atoms with Crippen molar-refractivity contribution in [3.05, 3.63) is 57.4 Å². The second-order valence-electron chi connectivity index (χ2n) is 7.17. The Morgan fingerprint density at radius 3 is 1.91 bits per heavy atom. The van der Waals surface area contributed by atoms with E-state index >= 15 is 0 Å². The molecule has 4 aromatic rings. The summed E-state index contributed by atoms with van der Waals surface area (Å²) >= 11 is 9.05. The van der Waals surface area contributed by atoms with Gasteiger partial charge in [0.05, 0.1) is 34.2 Å². The predicted molar refractivity (Wildman–Crippen MR) is 143 cm³/mol. The lowest BCUT2D eigenvalue weighted by molar-refractivity contribution is -0.134. The third-order valence-electron chi connectivity index (χ3n) is 4.38. The smallest absolute Gasteiger partial charge is 0.300 e. The average molecular weight is 649 g/mol. The maximum absolute atomic E-state index is 9.00. The van der Waals surface area contributed by atoms with Gasteiger partial charge in [-0.1, -0.05) is 13.8 Å². The lowest BCUT2D eigenvalue weighted by atomic mass is 10.4. The molecule has 4 aromatic heterocycles. The number of carboxylic acid groups (broad SMARTS) is 1. The molecule has 11 heteroatoms. The molecule has 0 unspecified atom stereocenters. The van der Waals surface area contributed by atoms with E-state index in [1.807, 2.05) is 40.1 Å². The van der Waals surface area contributed by atoms with E-state index in [9.17, 15) is 0 Å². The van der Waals surface area contributed by atoms with Crippen molar-refractivity contribution >= 4 is 61.4 Å². The van der Waals surface area contributed by atoms with Crippen molar-refractivity contribution in [2.45, 2.75) is 61.3 Å². The van der Waals surface area contributed by atoms with E-state index in [-0.39, 0.29) is 0 Å².